The maximum Gasteiger partial charge on any atom is 0.329 e. The number of hydrogen-bond acceptors (Lipinski definition) is 2. The smallest absolute Gasteiger partial charge is 0.303 e. The highest BCUT2D eigenvalue weighted by Gasteiger charge is 2.09. The number of carbonyl (C=O) groups excluding carboxylic acids is 1. The van der Waals surface area contributed by atoms with E-state index in [9.17, 15) is 4.79 Å². The second-order valence-electron chi connectivity index (χ2n) is 3.51. The molecule has 0 fully saturated rings. The van der Waals surface area contributed by atoms with Gasteiger partial charge in [-0.05, 0) is 22.9 Å². The van der Waals surface area contributed by atoms with Gasteiger partial charge in [0.15, 0.2) is 6.07 Å². The number of amides is 1. The van der Waals surface area contributed by atoms with Crippen molar-refractivity contribution in [3.63, 3.8) is 0 Å². The summed E-state index contributed by atoms with van der Waals surface area (Å²) in [6.45, 7) is 0. The molecule has 0 aromatic heterocycles. The van der Waals surface area contributed by atoms with E-state index in [2.05, 4.69) is 0 Å². The summed E-state index contributed by atoms with van der Waals surface area (Å²) in [6.07, 6.45) is 0. The standard InChI is InChI=1S/C13H10N2O/c1-15(13(16)9-14)12-7-6-10-4-2-3-5-11(10)8-12/h2-8H,1H3. The monoisotopic (exact) mass is 210 g/mol. The quantitative estimate of drug-likeness (QED) is 0.678. The van der Waals surface area contributed by atoms with E-state index in [1.165, 1.54) is 4.90 Å². The molecular formula is C13H10N2O. The SMILES string of the molecule is CN(C(=O)C#N)c1ccc2ccccc2c1. The average molecular weight is 210 g/mol. The Kier molecular flexibility index (Phi) is 2.57. The molecule has 2 rings (SSSR count). The van der Waals surface area contributed by atoms with Crippen molar-refractivity contribution in [3.05, 3.63) is 42.5 Å². The Morgan fingerprint density at radius 3 is 2.56 bits per heavy atom. The molecule has 0 aliphatic rings. The van der Waals surface area contributed by atoms with Gasteiger partial charge in [-0.15, -0.1) is 0 Å². The van der Waals surface area contributed by atoms with Gasteiger partial charge in [-0.1, -0.05) is 30.3 Å². The van der Waals surface area contributed by atoms with E-state index in [4.69, 9.17) is 5.26 Å². The van der Waals surface area contributed by atoms with E-state index >= 15 is 0 Å². The Morgan fingerprint density at radius 2 is 1.88 bits per heavy atom. The minimum Gasteiger partial charge on any atom is -0.303 e. The molecule has 0 saturated carbocycles. The fourth-order valence-corrected chi connectivity index (χ4v) is 1.58. The molecule has 0 N–H and O–H groups in total. The van der Waals surface area contributed by atoms with Crippen molar-refractivity contribution in [1.82, 2.24) is 0 Å². The van der Waals surface area contributed by atoms with Gasteiger partial charge in [-0.25, -0.2) is 0 Å². The number of rotatable bonds is 1. The van der Waals surface area contributed by atoms with Crippen LogP contribution in [0, 0.1) is 11.3 Å². The normalized spacial score (nSPS) is 9.75. The third kappa shape index (κ3) is 1.73. The Balaban J connectivity index is 2.48. The van der Waals surface area contributed by atoms with E-state index in [1.54, 1.807) is 13.1 Å². The molecular weight excluding hydrogens is 200 g/mol. The average Bonchev–Trinajstić information content (AvgIpc) is 2.36. The number of hydrogen-bond donors (Lipinski definition) is 0. The van der Waals surface area contributed by atoms with Crippen molar-refractivity contribution in [2.75, 3.05) is 11.9 Å². The van der Waals surface area contributed by atoms with Gasteiger partial charge >= 0.3 is 5.91 Å². The van der Waals surface area contributed by atoms with Crippen LogP contribution in [-0.2, 0) is 4.79 Å². The van der Waals surface area contributed by atoms with Crippen LogP contribution in [0.15, 0.2) is 42.5 Å². The van der Waals surface area contributed by atoms with Crippen LogP contribution in [0.5, 0.6) is 0 Å². The number of fused-ring (bicyclic) bond motifs is 1. The fourth-order valence-electron chi connectivity index (χ4n) is 1.58. The van der Waals surface area contributed by atoms with E-state index in [0.29, 0.717) is 0 Å². The van der Waals surface area contributed by atoms with Gasteiger partial charge in [-0.3, -0.25) is 4.79 Å². The Labute approximate surface area is 93.5 Å². The summed E-state index contributed by atoms with van der Waals surface area (Å²) in [4.78, 5) is 12.6. The lowest BCUT2D eigenvalue weighted by Crippen LogP contribution is -2.24. The van der Waals surface area contributed by atoms with Crippen molar-refractivity contribution < 1.29 is 4.79 Å². The second kappa shape index (κ2) is 4.03. The number of nitriles is 1. The summed E-state index contributed by atoms with van der Waals surface area (Å²) >= 11 is 0. The van der Waals surface area contributed by atoms with Gasteiger partial charge in [0.1, 0.15) is 0 Å². The highest BCUT2D eigenvalue weighted by molar-refractivity contribution is 6.04. The minimum absolute atomic E-state index is 0.560. The molecule has 16 heavy (non-hydrogen) atoms. The first-order valence-corrected chi connectivity index (χ1v) is 4.89. The molecule has 78 valence electrons. The molecule has 0 radical (unpaired) electrons. The largest absolute Gasteiger partial charge is 0.329 e. The highest BCUT2D eigenvalue weighted by atomic mass is 16.2. The molecule has 3 nitrogen and oxygen atoms in total. The third-order valence-electron chi connectivity index (χ3n) is 2.52. The second-order valence-corrected chi connectivity index (χ2v) is 3.51. The van der Waals surface area contributed by atoms with E-state index in [1.807, 2.05) is 42.5 Å². The molecule has 3 heteroatoms. The Morgan fingerprint density at radius 1 is 1.19 bits per heavy atom. The predicted molar refractivity (Wildman–Crippen MR) is 63.0 cm³/mol. The van der Waals surface area contributed by atoms with Crippen molar-refractivity contribution in [3.8, 4) is 6.07 Å². The van der Waals surface area contributed by atoms with Crippen LogP contribution in [-0.4, -0.2) is 13.0 Å². The van der Waals surface area contributed by atoms with Gasteiger partial charge < -0.3 is 4.90 Å². The fraction of sp³-hybridized carbons (Fsp3) is 0.0769. The maximum atomic E-state index is 11.2. The molecule has 0 atom stereocenters. The molecule has 0 heterocycles. The number of benzene rings is 2. The van der Waals surface area contributed by atoms with Crippen LogP contribution in [0.1, 0.15) is 0 Å². The summed E-state index contributed by atoms with van der Waals surface area (Å²) in [7, 11) is 1.59. The van der Waals surface area contributed by atoms with E-state index in [0.717, 1.165) is 16.5 Å². The molecule has 0 saturated heterocycles. The van der Waals surface area contributed by atoms with Gasteiger partial charge in [-0.2, -0.15) is 5.26 Å². The predicted octanol–water partition coefficient (Wildman–Crippen LogP) is 2.33. The maximum absolute atomic E-state index is 11.2. The first-order valence-electron chi connectivity index (χ1n) is 4.89. The Hall–Kier alpha value is -2.34. The lowest BCUT2D eigenvalue weighted by molar-refractivity contribution is -0.113. The van der Waals surface area contributed by atoms with E-state index in [-0.39, 0.29) is 0 Å². The summed E-state index contributed by atoms with van der Waals surface area (Å²) in [5.74, 6) is -0.560. The molecule has 0 unspecified atom stereocenters. The van der Waals surface area contributed by atoms with Crippen molar-refractivity contribution >= 4 is 22.4 Å². The zero-order valence-electron chi connectivity index (χ0n) is 8.84. The van der Waals surface area contributed by atoms with Gasteiger partial charge in [0.2, 0.25) is 0 Å². The van der Waals surface area contributed by atoms with Gasteiger partial charge in [0.25, 0.3) is 0 Å². The molecule has 2 aromatic carbocycles. The van der Waals surface area contributed by atoms with Crippen LogP contribution in [0.3, 0.4) is 0 Å². The van der Waals surface area contributed by atoms with Crippen LogP contribution in [0.25, 0.3) is 10.8 Å². The summed E-state index contributed by atoms with van der Waals surface area (Å²) < 4.78 is 0. The molecule has 1 amide bonds. The topological polar surface area (TPSA) is 44.1 Å². The van der Waals surface area contributed by atoms with Crippen molar-refractivity contribution in [2.24, 2.45) is 0 Å². The van der Waals surface area contributed by atoms with Crippen molar-refractivity contribution in [1.29, 1.82) is 5.26 Å². The van der Waals surface area contributed by atoms with Crippen LogP contribution in [0.4, 0.5) is 5.69 Å². The van der Waals surface area contributed by atoms with Crippen LogP contribution < -0.4 is 4.90 Å². The van der Waals surface area contributed by atoms with Crippen LogP contribution in [0.2, 0.25) is 0 Å². The molecule has 2 aromatic rings. The van der Waals surface area contributed by atoms with Crippen molar-refractivity contribution in [2.45, 2.75) is 0 Å². The zero-order valence-corrected chi connectivity index (χ0v) is 8.84. The first-order chi connectivity index (χ1) is 7.72. The number of nitrogens with zero attached hydrogens (tertiary/aromatic N) is 2. The summed E-state index contributed by atoms with van der Waals surface area (Å²) in [6, 6.07) is 15.1. The minimum atomic E-state index is -0.560. The summed E-state index contributed by atoms with van der Waals surface area (Å²) in [5, 5.41) is 10.7. The number of anilines is 1. The third-order valence-corrected chi connectivity index (χ3v) is 2.52. The molecule has 0 bridgehead atoms. The molecule has 0 aliphatic heterocycles. The van der Waals surface area contributed by atoms with Gasteiger partial charge in [0.05, 0.1) is 0 Å². The zero-order chi connectivity index (χ0) is 11.5. The Bertz CT molecular complexity index is 584. The van der Waals surface area contributed by atoms with Gasteiger partial charge in [0, 0.05) is 12.7 Å². The first kappa shape index (κ1) is 10.2. The highest BCUT2D eigenvalue weighted by Crippen LogP contribution is 2.21. The van der Waals surface area contributed by atoms with Crippen LogP contribution >= 0.6 is 0 Å². The lowest BCUT2D eigenvalue weighted by atomic mass is 10.1. The van der Waals surface area contributed by atoms with E-state index < -0.39 is 5.91 Å². The molecule has 0 aliphatic carbocycles. The lowest BCUT2D eigenvalue weighted by Gasteiger charge is -2.13. The summed E-state index contributed by atoms with van der Waals surface area (Å²) in [5.41, 5.74) is 0.727. The molecule has 0 spiro atoms. The number of carbonyl (C=O) groups is 1.